The van der Waals surface area contributed by atoms with E-state index in [1.807, 2.05) is 0 Å². The summed E-state index contributed by atoms with van der Waals surface area (Å²) in [5.74, 6) is -0.978. The number of halogens is 4. The average Bonchev–Trinajstić information content (AvgIpc) is 2.37. The molecule has 0 aliphatic carbocycles. The fourth-order valence-corrected chi connectivity index (χ4v) is 2.05. The third kappa shape index (κ3) is 4.49. The Hall–Kier alpha value is -2.01. The Morgan fingerprint density at radius 3 is 2.48 bits per heavy atom. The van der Waals surface area contributed by atoms with Crippen molar-refractivity contribution in [1.82, 2.24) is 0 Å². The second kappa shape index (κ2) is 6.18. The van der Waals surface area contributed by atoms with E-state index in [0.717, 1.165) is 6.07 Å². The molecule has 0 aromatic heterocycles. The van der Waals surface area contributed by atoms with Crippen LogP contribution in [0.25, 0.3) is 0 Å². The third-order valence-corrected chi connectivity index (χ3v) is 2.90. The maximum absolute atomic E-state index is 12.3. The highest BCUT2D eigenvalue weighted by atomic mass is 35.5. The number of alkyl halides is 3. The zero-order valence-electron chi connectivity index (χ0n) is 10.7. The van der Waals surface area contributed by atoms with Crippen LogP contribution in [0.1, 0.15) is 15.9 Å². The van der Waals surface area contributed by atoms with Gasteiger partial charge in [-0.2, -0.15) is 0 Å². The molecule has 6 heteroatoms. The highest BCUT2D eigenvalue weighted by Crippen LogP contribution is 2.27. The van der Waals surface area contributed by atoms with Gasteiger partial charge in [-0.25, -0.2) is 0 Å². The molecule has 0 amide bonds. The minimum Gasteiger partial charge on any atom is -0.405 e. The number of rotatable bonds is 4. The lowest BCUT2D eigenvalue weighted by Crippen LogP contribution is -2.19. The molecule has 2 aromatic rings. The Morgan fingerprint density at radius 2 is 1.81 bits per heavy atom. The van der Waals surface area contributed by atoms with Crippen molar-refractivity contribution in [3.05, 3.63) is 64.7 Å². The number of ketones is 1. The molecule has 2 nitrogen and oxygen atoms in total. The Morgan fingerprint density at radius 1 is 1.10 bits per heavy atom. The van der Waals surface area contributed by atoms with Gasteiger partial charge in [0.15, 0.2) is 5.78 Å². The first kappa shape index (κ1) is 15.4. The number of hydrogen-bond acceptors (Lipinski definition) is 2. The summed E-state index contributed by atoms with van der Waals surface area (Å²) < 4.78 is 40.8. The van der Waals surface area contributed by atoms with Crippen LogP contribution < -0.4 is 4.74 Å². The van der Waals surface area contributed by atoms with Crippen molar-refractivity contribution in [3.63, 3.8) is 0 Å². The van der Waals surface area contributed by atoms with Crippen LogP contribution in [0.5, 0.6) is 5.75 Å². The minimum atomic E-state index is -4.84. The van der Waals surface area contributed by atoms with Crippen molar-refractivity contribution in [3.8, 4) is 5.75 Å². The molecule has 0 saturated heterocycles. The Kier molecular flexibility index (Phi) is 4.53. The lowest BCUT2D eigenvalue weighted by atomic mass is 10.0. The van der Waals surface area contributed by atoms with Gasteiger partial charge in [-0.05, 0) is 29.8 Å². The van der Waals surface area contributed by atoms with Crippen LogP contribution in [-0.2, 0) is 6.42 Å². The number of para-hydroxylation sites is 1. The molecule has 0 radical (unpaired) electrons. The van der Waals surface area contributed by atoms with E-state index in [4.69, 9.17) is 11.6 Å². The summed E-state index contributed by atoms with van der Waals surface area (Å²) in [4.78, 5) is 12.1. The van der Waals surface area contributed by atoms with Gasteiger partial charge >= 0.3 is 6.36 Å². The van der Waals surface area contributed by atoms with Gasteiger partial charge in [0.1, 0.15) is 5.75 Å². The van der Waals surface area contributed by atoms with Crippen molar-refractivity contribution in [2.24, 2.45) is 0 Å². The molecule has 0 aliphatic rings. The first-order valence-corrected chi connectivity index (χ1v) is 6.35. The van der Waals surface area contributed by atoms with Crippen LogP contribution in [0.15, 0.2) is 48.5 Å². The number of Topliss-reactive ketones (excluding diaryl/α,β-unsaturated/α-hetero) is 1. The van der Waals surface area contributed by atoms with Gasteiger partial charge in [-0.15, -0.1) is 13.2 Å². The smallest absolute Gasteiger partial charge is 0.405 e. The highest BCUT2D eigenvalue weighted by molar-refractivity contribution is 6.30. The van der Waals surface area contributed by atoms with E-state index >= 15 is 0 Å². The van der Waals surface area contributed by atoms with Gasteiger partial charge < -0.3 is 4.74 Å². The fourth-order valence-electron chi connectivity index (χ4n) is 1.84. The molecule has 0 bridgehead atoms. The van der Waals surface area contributed by atoms with Gasteiger partial charge in [-0.3, -0.25) is 4.79 Å². The second-order valence-electron chi connectivity index (χ2n) is 4.27. The second-order valence-corrected chi connectivity index (χ2v) is 4.71. The molecule has 2 aromatic carbocycles. The van der Waals surface area contributed by atoms with Gasteiger partial charge in [0.05, 0.1) is 5.56 Å². The van der Waals surface area contributed by atoms with Crippen molar-refractivity contribution in [2.45, 2.75) is 12.8 Å². The summed E-state index contributed by atoms with van der Waals surface area (Å²) in [6.07, 6.45) is -4.90. The number of ether oxygens (including phenoxy) is 1. The molecule has 0 unspecified atom stereocenters. The van der Waals surface area contributed by atoms with Crippen LogP contribution in [0, 0.1) is 0 Å². The van der Waals surface area contributed by atoms with Crippen LogP contribution in [0.4, 0.5) is 13.2 Å². The summed E-state index contributed by atoms with van der Waals surface area (Å²) in [7, 11) is 0. The maximum atomic E-state index is 12.3. The average molecular weight is 315 g/mol. The SMILES string of the molecule is O=C(Cc1cccc(Cl)c1)c1ccccc1OC(F)(F)F. The van der Waals surface area contributed by atoms with Crippen molar-refractivity contribution < 1.29 is 22.7 Å². The predicted molar refractivity (Wildman–Crippen MR) is 72.6 cm³/mol. The highest BCUT2D eigenvalue weighted by Gasteiger charge is 2.32. The maximum Gasteiger partial charge on any atom is 0.573 e. The molecule has 0 fully saturated rings. The molecule has 0 N–H and O–H groups in total. The van der Waals surface area contributed by atoms with Crippen LogP contribution >= 0.6 is 11.6 Å². The monoisotopic (exact) mass is 314 g/mol. The molecule has 0 spiro atoms. The van der Waals surface area contributed by atoms with Crippen LogP contribution in [0.2, 0.25) is 5.02 Å². The molecule has 0 saturated carbocycles. The molecule has 21 heavy (non-hydrogen) atoms. The number of hydrogen-bond donors (Lipinski definition) is 0. The summed E-state index contributed by atoms with van der Waals surface area (Å²) in [5, 5.41) is 0.458. The minimum absolute atomic E-state index is 0.0568. The van der Waals surface area contributed by atoms with E-state index < -0.39 is 17.9 Å². The molecule has 0 aliphatic heterocycles. The summed E-state index contributed by atoms with van der Waals surface area (Å²) in [5.41, 5.74) is 0.504. The fraction of sp³-hybridized carbons (Fsp3) is 0.133. The first-order chi connectivity index (χ1) is 9.85. The van der Waals surface area contributed by atoms with E-state index in [9.17, 15) is 18.0 Å². The molecule has 2 rings (SSSR count). The molecular weight excluding hydrogens is 305 g/mol. The normalized spacial score (nSPS) is 11.2. The van der Waals surface area contributed by atoms with Crippen molar-refractivity contribution in [2.75, 3.05) is 0 Å². The Bertz CT molecular complexity index is 653. The summed E-state index contributed by atoms with van der Waals surface area (Å²) >= 11 is 5.81. The van der Waals surface area contributed by atoms with Crippen molar-refractivity contribution >= 4 is 17.4 Å². The number of benzene rings is 2. The van der Waals surface area contributed by atoms with Crippen LogP contribution in [-0.4, -0.2) is 12.1 Å². The van der Waals surface area contributed by atoms with Gasteiger partial charge in [-0.1, -0.05) is 35.9 Å². The number of carbonyl (C=O) groups excluding carboxylic acids is 1. The first-order valence-electron chi connectivity index (χ1n) is 5.97. The van der Waals surface area contributed by atoms with Gasteiger partial charge in [0.2, 0.25) is 0 Å². The topological polar surface area (TPSA) is 26.3 Å². The lowest BCUT2D eigenvalue weighted by Gasteiger charge is -2.12. The molecule has 110 valence electrons. The summed E-state index contributed by atoms with van der Waals surface area (Å²) in [6.45, 7) is 0. The lowest BCUT2D eigenvalue weighted by molar-refractivity contribution is -0.274. The van der Waals surface area contributed by atoms with Gasteiger partial charge in [0, 0.05) is 11.4 Å². The Labute approximate surface area is 124 Å². The molecular formula is C15H10ClF3O2. The largest absolute Gasteiger partial charge is 0.573 e. The van der Waals surface area contributed by atoms with E-state index in [1.54, 1.807) is 24.3 Å². The Balaban J connectivity index is 2.23. The van der Waals surface area contributed by atoms with Gasteiger partial charge in [0.25, 0.3) is 0 Å². The zero-order chi connectivity index (χ0) is 15.5. The van der Waals surface area contributed by atoms with E-state index in [2.05, 4.69) is 4.74 Å². The number of carbonyl (C=O) groups is 1. The standard InChI is InChI=1S/C15H10ClF3O2/c16-11-5-3-4-10(8-11)9-13(20)12-6-1-2-7-14(12)21-15(17,18)19/h1-8H,9H2. The predicted octanol–water partition coefficient (Wildman–Crippen LogP) is 4.66. The van der Waals surface area contributed by atoms with Crippen LogP contribution in [0.3, 0.4) is 0 Å². The molecule has 0 heterocycles. The third-order valence-electron chi connectivity index (χ3n) is 2.67. The molecule has 0 atom stereocenters. The quantitative estimate of drug-likeness (QED) is 0.767. The van der Waals surface area contributed by atoms with Crippen molar-refractivity contribution in [1.29, 1.82) is 0 Å². The summed E-state index contributed by atoms with van der Waals surface area (Å²) in [6, 6.07) is 11.8. The zero-order valence-corrected chi connectivity index (χ0v) is 11.4. The van der Waals surface area contributed by atoms with E-state index in [1.165, 1.54) is 18.2 Å². The van der Waals surface area contributed by atoms with E-state index in [-0.39, 0.29) is 12.0 Å². The van der Waals surface area contributed by atoms with E-state index in [0.29, 0.717) is 10.6 Å².